The second-order valence-corrected chi connectivity index (χ2v) is 37.5. The number of carbonyl (C=O) groups excluding carboxylic acids is 3. The molecule has 10 aromatic heterocycles. The van der Waals surface area contributed by atoms with Gasteiger partial charge in [-0.25, -0.2) is 48.0 Å². The van der Waals surface area contributed by atoms with E-state index in [1.165, 1.54) is 23.8 Å². The lowest BCUT2D eigenvalue weighted by atomic mass is 9.89. The van der Waals surface area contributed by atoms with E-state index in [1.807, 2.05) is 101 Å². The number of fused-ring (bicyclic) bond motifs is 18. The van der Waals surface area contributed by atoms with Crippen molar-refractivity contribution >= 4 is 136 Å². The molecule has 0 spiro atoms. The zero-order chi connectivity index (χ0) is 93.4. The van der Waals surface area contributed by atoms with Crippen molar-refractivity contribution in [1.29, 1.82) is 0 Å². The number of rotatable bonds is 11. The number of benzene rings is 5. The lowest BCUT2D eigenvalue weighted by molar-refractivity contribution is -0.122. The van der Waals surface area contributed by atoms with E-state index < -0.39 is 0 Å². The number of allylic oxidation sites excluding steroid dienone is 6. The first kappa shape index (κ1) is 87.5. The van der Waals surface area contributed by atoms with Crippen LogP contribution in [-0.4, -0.2) is 212 Å². The highest BCUT2D eigenvalue weighted by Crippen LogP contribution is 2.42. The van der Waals surface area contributed by atoms with Gasteiger partial charge in [0.2, 0.25) is 17.8 Å². The number of aryl methyl sites for hydroxylation is 1. The number of hydrogen-bond acceptors (Lipinski definition) is 23. The molecule has 0 atom stereocenters. The first-order valence-corrected chi connectivity index (χ1v) is 48.0. The van der Waals surface area contributed by atoms with Crippen LogP contribution in [0.25, 0.3) is 83.0 Å². The largest absolute Gasteiger partial charge is 0.482 e. The van der Waals surface area contributed by atoms with Crippen molar-refractivity contribution in [1.82, 2.24) is 96.6 Å². The third kappa shape index (κ3) is 16.8. The number of nitrogens with one attached hydrogen (secondary N) is 3. The Morgan fingerprint density at radius 2 is 0.832 bits per heavy atom. The fourth-order valence-electron chi connectivity index (χ4n) is 20.9. The molecular formula is C102H110N26O9. The van der Waals surface area contributed by atoms with Crippen LogP contribution in [0.2, 0.25) is 0 Å². The number of nitrogens with zero attached hydrogens (tertiary/aromatic N) is 23. The van der Waals surface area contributed by atoms with E-state index in [4.69, 9.17) is 39.2 Å². The Hall–Kier alpha value is -14.8. The van der Waals surface area contributed by atoms with Gasteiger partial charge in [0.05, 0.1) is 88.9 Å². The maximum absolute atomic E-state index is 13.7. The van der Waals surface area contributed by atoms with Crippen LogP contribution in [0.15, 0.2) is 197 Å². The predicted octanol–water partition coefficient (Wildman–Crippen LogP) is 14.3. The van der Waals surface area contributed by atoms with Gasteiger partial charge in [0.25, 0.3) is 34.4 Å². The molecule has 35 nitrogen and oxygen atoms in total. The Morgan fingerprint density at radius 1 is 0.394 bits per heavy atom. The number of ether oxygens (including phenoxy) is 3. The summed E-state index contributed by atoms with van der Waals surface area (Å²) < 4.78 is 34.3. The van der Waals surface area contributed by atoms with Crippen molar-refractivity contribution in [2.24, 2.45) is 7.05 Å². The van der Waals surface area contributed by atoms with Crippen molar-refractivity contribution in [2.75, 3.05) is 116 Å². The quantitative estimate of drug-likeness (QED) is 0.101. The third-order valence-corrected chi connectivity index (χ3v) is 28.3. The molecule has 15 aromatic rings. The molecule has 9 aliphatic rings. The molecule has 24 rings (SSSR count). The van der Waals surface area contributed by atoms with Gasteiger partial charge in [-0.15, -0.1) is 0 Å². The van der Waals surface area contributed by atoms with Gasteiger partial charge in [-0.1, -0.05) is 42.5 Å². The molecule has 0 unspecified atom stereocenters. The van der Waals surface area contributed by atoms with Crippen LogP contribution in [0.5, 0.6) is 17.2 Å². The highest BCUT2D eigenvalue weighted by molar-refractivity contribution is 6.01. The maximum atomic E-state index is 13.7. The number of piperidine rings is 3. The average molecular weight is 1840 g/mol. The van der Waals surface area contributed by atoms with Crippen molar-refractivity contribution in [3.8, 4) is 34.3 Å². The monoisotopic (exact) mass is 1840 g/mol. The maximum Gasteiger partial charge on any atom is 0.278 e. The lowest BCUT2D eigenvalue weighted by Gasteiger charge is -2.35. The van der Waals surface area contributed by atoms with E-state index in [1.54, 1.807) is 52.0 Å². The standard InChI is InChI=1S/2C34H37N9O3.C34H36N8O3/c1-22(2)39-15-11-25(12-16-39)42-28-9-7-24(17-23(28)19-36-42)37-34-35-20-27-32(38-34)43-26-8-10-30-29(18-26)40(31(44)21-46-30)13-5-3-4-6-14-41(43)33(27)45;1-22(2)39-14-10-25(11-15-39)40-16-9-23-17-24(19-35-31(23)40)37-34-36-20-27-32(38-34)43-26-7-8-29-28(18-26)41(30(44)21-46-29)12-5-3-4-6-13-42(43)33(27)45;1-38-15-11-22(12-16-38)27-20-39(2)28-17-23(7-9-25(27)28)36-34-35-19-26-32(37-34)42-24-8-10-30-29(18-24)40(31(43)21-45-30)13-5-3-4-6-14-41(42)33(26)44/h4,6-10,17-20,22,25H,3,5,11-16,21H2,1-2H3,(H,35,37,38);4,6-9,16-20,22,25H,3,5,10-15,21H2,1-2H3,(H,36,37,38);4,6-10,17-20,22H,3,5,11-16,21H2,1-2H3,(H,35,36,37). The lowest BCUT2D eigenvalue weighted by Crippen LogP contribution is -2.39. The molecule has 702 valence electrons. The van der Waals surface area contributed by atoms with Crippen molar-refractivity contribution in [2.45, 2.75) is 154 Å². The Kier molecular flexibility index (Phi) is 23.5. The average Bonchev–Trinajstić information content (AvgIpc) is 1.60. The summed E-state index contributed by atoms with van der Waals surface area (Å²) in [5.74, 6) is 3.43. The molecule has 3 saturated heterocycles. The molecule has 9 aliphatic heterocycles. The molecule has 0 saturated carbocycles. The topological polar surface area (TPSA) is 333 Å². The Bertz CT molecular complexity index is 7240. The van der Waals surface area contributed by atoms with Gasteiger partial charge in [-0.3, -0.25) is 33.4 Å². The van der Waals surface area contributed by atoms with Crippen LogP contribution in [0.4, 0.5) is 52.0 Å². The molecule has 19 heterocycles. The first-order valence-electron chi connectivity index (χ1n) is 48.0. The van der Waals surface area contributed by atoms with Crippen LogP contribution in [0.3, 0.4) is 0 Å². The van der Waals surface area contributed by atoms with Gasteiger partial charge in [-0.2, -0.15) is 20.1 Å². The Labute approximate surface area is 788 Å². The number of carbonyl (C=O) groups is 3. The second kappa shape index (κ2) is 36.8. The summed E-state index contributed by atoms with van der Waals surface area (Å²) in [5, 5.41) is 19.4. The summed E-state index contributed by atoms with van der Waals surface area (Å²) in [6.45, 7) is 18.6. The van der Waals surface area contributed by atoms with Crippen LogP contribution >= 0.6 is 0 Å². The van der Waals surface area contributed by atoms with Gasteiger partial charge >= 0.3 is 0 Å². The van der Waals surface area contributed by atoms with Crippen molar-refractivity contribution < 1.29 is 28.6 Å². The number of hydrogen-bond donors (Lipinski definition) is 3. The van der Waals surface area contributed by atoms with Crippen molar-refractivity contribution in [3.05, 3.63) is 220 Å². The van der Waals surface area contributed by atoms with Gasteiger partial charge in [0, 0.05) is 130 Å². The smallest absolute Gasteiger partial charge is 0.278 e. The summed E-state index contributed by atoms with van der Waals surface area (Å²) in [5.41, 5.74) is 12.2. The first-order chi connectivity index (χ1) is 66.8. The molecule has 3 N–H and O–H groups in total. The normalized spacial score (nSPS) is 17.6. The summed E-state index contributed by atoms with van der Waals surface area (Å²) >= 11 is 0. The molecule has 137 heavy (non-hydrogen) atoms. The molecule has 5 aromatic carbocycles. The number of anilines is 9. The summed E-state index contributed by atoms with van der Waals surface area (Å²) in [7, 11) is 4.29. The van der Waals surface area contributed by atoms with Gasteiger partial charge in [0.1, 0.15) is 39.1 Å². The SMILES string of the molecule is CC(C)N1CCC(n2ccc3cc(Nc4ncc5c(=O)n6n(c5n4)-c4ccc5c(c4)N(CCCC=CC6)C(=O)CO5)cnc32)CC1.CC(C)N1CCC(n2ncc3cc(Nc4ncc5c(=O)n6n(c5n4)-c4ccc5c(c4)N(CCCC=CC6)C(=O)CO5)ccc32)CC1.CN1CCC(c2cn(C)c3cc(Nc4ncc5c(=O)n6n(c5n4)-c4ccc5c(c4)N(CCCC=CC6)C(=O)CO5)ccc23)CC1. The molecule has 3 amide bonds. The van der Waals surface area contributed by atoms with Crippen LogP contribution < -0.4 is 61.5 Å². The number of likely N-dealkylation sites (tertiary alicyclic amines) is 3. The van der Waals surface area contributed by atoms with E-state index in [0.29, 0.717) is 166 Å². The Balaban J connectivity index is 0.000000119. The van der Waals surface area contributed by atoms with E-state index in [2.05, 4.69) is 174 Å². The van der Waals surface area contributed by atoms with Gasteiger partial charge in [0.15, 0.2) is 36.8 Å². The summed E-state index contributed by atoms with van der Waals surface area (Å²) in [6, 6.07) is 35.7. The van der Waals surface area contributed by atoms with Gasteiger partial charge < -0.3 is 68.7 Å². The van der Waals surface area contributed by atoms with Crippen LogP contribution in [-0.2, 0) is 41.1 Å². The molecule has 0 radical (unpaired) electrons. The zero-order valence-electron chi connectivity index (χ0n) is 77.8. The van der Waals surface area contributed by atoms with E-state index in [9.17, 15) is 28.8 Å². The van der Waals surface area contributed by atoms with E-state index in [0.717, 1.165) is 154 Å². The highest BCUT2D eigenvalue weighted by Gasteiger charge is 2.35. The second-order valence-electron chi connectivity index (χ2n) is 37.5. The van der Waals surface area contributed by atoms with Crippen LogP contribution in [0.1, 0.15) is 128 Å². The molecule has 3 fully saturated rings. The fraction of sp³-hybridized carbons (Fsp3) is 0.373. The van der Waals surface area contributed by atoms with E-state index >= 15 is 0 Å². The minimum Gasteiger partial charge on any atom is -0.482 e. The number of pyridine rings is 1. The Morgan fingerprint density at radius 3 is 1.30 bits per heavy atom. The third-order valence-electron chi connectivity index (χ3n) is 28.3. The highest BCUT2D eigenvalue weighted by atomic mass is 16.5. The molecular weight excluding hydrogens is 1730 g/mol. The summed E-state index contributed by atoms with van der Waals surface area (Å²) in [4.78, 5) is 125. The molecule has 35 heteroatoms. The summed E-state index contributed by atoms with van der Waals surface area (Å²) in [6.07, 6.45) is 36.6. The number of amides is 3. The fourth-order valence-corrected chi connectivity index (χ4v) is 20.9. The zero-order valence-corrected chi connectivity index (χ0v) is 77.8. The number of aromatic nitrogens is 17. The predicted molar refractivity (Wildman–Crippen MR) is 530 cm³/mol. The van der Waals surface area contributed by atoms with E-state index in [-0.39, 0.29) is 54.2 Å². The minimum absolute atomic E-state index is 0.0184. The van der Waals surface area contributed by atoms with Crippen LogP contribution in [0, 0.1) is 0 Å². The molecule has 6 bridgehead atoms. The molecule has 0 aliphatic carbocycles. The van der Waals surface area contributed by atoms with Gasteiger partial charge in [-0.05, 0) is 233 Å². The minimum atomic E-state index is -0.186. The van der Waals surface area contributed by atoms with Crippen molar-refractivity contribution in [3.63, 3.8) is 0 Å².